The zero-order valence-electron chi connectivity index (χ0n) is 23.3. The molecule has 208 valence electrons. The van der Waals surface area contributed by atoms with E-state index in [1.807, 2.05) is 80.6 Å². The Bertz CT molecular complexity index is 1690. The molecule has 1 aliphatic heterocycles. The number of aryl methyl sites for hydroxylation is 2. The topological polar surface area (TPSA) is 55.1 Å². The Morgan fingerprint density at radius 2 is 1.68 bits per heavy atom. The Morgan fingerprint density at radius 3 is 2.45 bits per heavy atom. The van der Waals surface area contributed by atoms with E-state index >= 15 is 0 Å². The van der Waals surface area contributed by atoms with Gasteiger partial charge in [0.05, 0.1) is 11.4 Å². The zero-order valence-corrected chi connectivity index (χ0v) is 25.6. The van der Waals surface area contributed by atoms with Gasteiger partial charge in [0.2, 0.25) is 5.88 Å². The third-order valence-corrected chi connectivity index (χ3v) is 6.92. The van der Waals surface area contributed by atoms with E-state index in [0.717, 1.165) is 34.0 Å². The quantitative estimate of drug-likeness (QED) is 0.176. The summed E-state index contributed by atoms with van der Waals surface area (Å²) in [5, 5.41) is 0. The molecule has 0 unspecified atom stereocenters. The van der Waals surface area contributed by atoms with Crippen LogP contribution < -0.4 is 19.3 Å². The van der Waals surface area contributed by atoms with Gasteiger partial charge in [0, 0.05) is 67.6 Å². The number of ether oxygens (including phenoxy) is 2. The summed E-state index contributed by atoms with van der Waals surface area (Å²) in [7, 11) is 2.03. The molecular weight excluding hydrogens is 681 g/mol. The predicted molar refractivity (Wildman–Crippen MR) is 153 cm³/mol. The molecule has 0 bridgehead atoms. The largest absolute Gasteiger partial charge is 0.508 e. The second-order valence-corrected chi connectivity index (χ2v) is 10.7. The average Bonchev–Trinajstić information content (AvgIpc) is 3.40. The SMILES string of the molecule is Cc1nc2c(Oc3cc(C(C)(C)C)ccn3)[c-]c(Oc3[c-]c(N4[CH-]N(C)c5ccccc54)ccc3)cn2c1C.[Pt]. The molecule has 0 radical (unpaired) electrons. The minimum Gasteiger partial charge on any atom is -0.508 e. The van der Waals surface area contributed by atoms with E-state index in [0.29, 0.717) is 28.8 Å². The van der Waals surface area contributed by atoms with Gasteiger partial charge in [-0.3, -0.25) is 4.98 Å². The monoisotopic (exact) mass is 711 g/mol. The van der Waals surface area contributed by atoms with E-state index in [1.54, 1.807) is 6.20 Å². The summed E-state index contributed by atoms with van der Waals surface area (Å²) < 4.78 is 14.5. The second kappa shape index (κ2) is 10.6. The summed E-state index contributed by atoms with van der Waals surface area (Å²) in [5.41, 5.74) is 6.75. The van der Waals surface area contributed by atoms with Crippen LogP contribution in [0.1, 0.15) is 37.7 Å². The van der Waals surface area contributed by atoms with Crippen molar-refractivity contribution in [1.29, 1.82) is 0 Å². The van der Waals surface area contributed by atoms with E-state index in [4.69, 9.17) is 14.5 Å². The van der Waals surface area contributed by atoms with Crippen LogP contribution in [0, 0.1) is 32.6 Å². The van der Waals surface area contributed by atoms with Gasteiger partial charge in [-0.2, -0.15) is 12.7 Å². The first-order valence-corrected chi connectivity index (χ1v) is 12.9. The minimum atomic E-state index is -0.0333. The van der Waals surface area contributed by atoms with E-state index in [1.165, 1.54) is 0 Å². The normalized spacial score (nSPS) is 12.8. The Balaban J connectivity index is 0.00000323. The third-order valence-electron chi connectivity index (χ3n) is 6.92. The van der Waals surface area contributed by atoms with Crippen molar-refractivity contribution in [2.24, 2.45) is 0 Å². The molecule has 0 saturated heterocycles. The van der Waals surface area contributed by atoms with Crippen LogP contribution in [0.3, 0.4) is 0 Å². The molecule has 40 heavy (non-hydrogen) atoms. The molecule has 6 rings (SSSR count). The average molecular weight is 712 g/mol. The Morgan fingerprint density at radius 1 is 0.900 bits per heavy atom. The van der Waals surface area contributed by atoms with Crippen LogP contribution in [0.25, 0.3) is 5.65 Å². The molecule has 2 aromatic carbocycles. The molecule has 0 fully saturated rings. The molecule has 0 N–H and O–H groups in total. The number of hydrogen-bond donors (Lipinski definition) is 0. The third kappa shape index (κ3) is 5.18. The van der Waals surface area contributed by atoms with Gasteiger partial charge < -0.3 is 23.7 Å². The van der Waals surface area contributed by atoms with Gasteiger partial charge in [-0.05, 0) is 50.1 Å². The van der Waals surface area contributed by atoms with Crippen LogP contribution in [-0.4, -0.2) is 21.4 Å². The number of pyridine rings is 2. The molecule has 0 saturated carbocycles. The molecule has 0 spiro atoms. The van der Waals surface area contributed by atoms with Crippen molar-refractivity contribution in [1.82, 2.24) is 14.4 Å². The standard InChI is InChI=1S/C32H30N5O2.Pt/c1-21-22(2)36-19-26(18-29(31(36)34-21)39-30-16-23(14-15-33-30)32(3,4)5)38-25-11-9-10-24(17-25)37-20-35(6)27-12-7-8-13-28(27)37;/h7-16,19-20H,1-6H3;/q-3;. The number of hydrogen-bond acceptors (Lipinski definition) is 6. The maximum atomic E-state index is 6.31. The van der Waals surface area contributed by atoms with Gasteiger partial charge in [0.25, 0.3) is 0 Å². The van der Waals surface area contributed by atoms with Crippen molar-refractivity contribution in [2.75, 3.05) is 16.8 Å². The first-order chi connectivity index (χ1) is 18.7. The summed E-state index contributed by atoms with van der Waals surface area (Å²) in [6, 6.07) is 24.8. The minimum absolute atomic E-state index is 0. The number of aromatic nitrogens is 3. The fourth-order valence-corrected chi connectivity index (χ4v) is 4.63. The van der Waals surface area contributed by atoms with Crippen molar-refractivity contribution in [3.63, 3.8) is 0 Å². The van der Waals surface area contributed by atoms with E-state index < -0.39 is 0 Å². The molecule has 5 aromatic rings. The van der Waals surface area contributed by atoms with Gasteiger partial charge in [-0.15, -0.1) is 23.9 Å². The van der Waals surface area contributed by atoms with E-state index in [9.17, 15) is 0 Å². The molecule has 7 nitrogen and oxygen atoms in total. The smallest absolute Gasteiger partial charge is 0.216 e. The van der Waals surface area contributed by atoms with Gasteiger partial charge in [-0.25, -0.2) is 4.98 Å². The maximum absolute atomic E-state index is 6.31. The molecule has 0 amide bonds. The van der Waals surface area contributed by atoms with Crippen molar-refractivity contribution < 1.29 is 30.5 Å². The van der Waals surface area contributed by atoms with Crippen LogP contribution in [-0.2, 0) is 26.5 Å². The summed E-state index contributed by atoms with van der Waals surface area (Å²) >= 11 is 0. The summed E-state index contributed by atoms with van der Waals surface area (Å²) in [6.45, 7) is 12.5. The van der Waals surface area contributed by atoms with Gasteiger partial charge in [0.15, 0.2) is 0 Å². The molecular formula is C32H30N5O2Pt-3. The van der Waals surface area contributed by atoms with Gasteiger partial charge >= 0.3 is 0 Å². The van der Waals surface area contributed by atoms with Crippen molar-refractivity contribution in [2.45, 2.75) is 40.0 Å². The molecule has 8 heteroatoms. The number of fused-ring (bicyclic) bond motifs is 2. The number of para-hydroxylation sites is 2. The second-order valence-electron chi connectivity index (χ2n) is 10.7. The van der Waals surface area contributed by atoms with Crippen LogP contribution in [0.5, 0.6) is 23.1 Å². The molecule has 0 atom stereocenters. The summed E-state index contributed by atoms with van der Waals surface area (Å²) in [4.78, 5) is 13.4. The first kappa shape index (κ1) is 27.7. The number of benzene rings is 2. The Labute approximate surface area is 249 Å². The van der Waals surface area contributed by atoms with Crippen LogP contribution in [0.2, 0.25) is 0 Å². The predicted octanol–water partition coefficient (Wildman–Crippen LogP) is 7.53. The number of rotatable bonds is 5. The maximum Gasteiger partial charge on any atom is 0.216 e. The summed E-state index contributed by atoms with van der Waals surface area (Å²) in [5.74, 6) is 1.98. The number of imidazole rings is 1. The fourth-order valence-electron chi connectivity index (χ4n) is 4.63. The Kier molecular flexibility index (Phi) is 7.36. The van der Waals surface area contributed by atoms with E-state index in [2.05, 4.69) is 59.8 Å². The van der Waals surface area contributed by atoms with Crippen LogP contribution in [0.15, 0.2) is 67.0 Å². The Hall–Kier alpha value is -3.83. The van der Waals surface area contributed by atoms with Gasteiger partial charge in [0.1, 0.15) is 0 Å². The van der Waals surface area contributed by atoms with Crippen LogP contribution >= 0.6 is 0 Å². The van der Waals surface area contributed by atoms with Crippen LogP contribution in [0.4, 0.5) is 17.1 Å². The zero-order chi connectivity index (χ0) is 27.3. The molecule has 0 aliphatic carbocycles. The fraction of sp³-hybridized carbons (Fsp3) is 0.219. The molecule has 4 heterocycles. The van der Waals surface area contributed by atoms with E-state index in [-0.39, 0.29) is 26.5 Å². The van der Waals surface area contributed by atoms with Crippen molar-refractivity contribution in [3.8, 4) is 23.1 Å². The van der Waals surface area contributed by atoms with Crippen molar-refractivity contribution in [3.05, 3.63) is 103 Å². The van der Waals surface area contributed by atoms with Gasteiger partial charge in [-0.1, -0.05) is 45.2 Å². The summed E-state index contributed by atoms with van der Waals surface area (Å²) in [6.07, 6.45) is 3.64. The van der Waals surface area contributed by atoms with Crippen molar-refractivity contribution >= 4 is 22.7 Å². The molecule has 3 aromatic heterocycles. The number of nitrogens with zero attached hydrogens (tertiary/aromatic N) is 5. The number of anilines is 3. The first-order valence-electron chi connectivity index (χ1n) is 12.9. The molecule has 1 aliphatic rings.